The van der Waals surface area contributed by atoms with Gasteiger partial charge in [-0.1, -0.05) is 19.1 Å². The molecule has 1 heterocycles. The number of nitrogens with zero attached hydrogens (tertiary/aromatic N) is 2. The molecule has 2 rings (SSSR count). The highest BCUT2D eigenvalue weighted by molar-refractivity contribution is 5.67. The minimum Gasteiger partial charge on any atom is -0.493 e. The first-order valence-corrected chi connectivity index (χ1v) is 7.67. The fourth-order valence-electron chi connectivity index (χ4n) is 2.29. The fourth-order valence-corrected chi connectivity index (χ4v) is 2.29. The van der Waals surface area contributed by atoms with Gasteiger partial charge in [-0.3, -0.25) is 4.79 Å². The number of ether oxygens (including phenoxy) is 1. The van der Waals surface area contributed by atoms with Crippen molar-refractivity contribution in [1.82, 2.24) is 15.1 Å². The first-order chi connectivity index (χ1) is 10.7. The lowest BCUT2D eigenvalue weighted by Gasteiger charge is -2.12. The lowest BCUT2D eigenvalue weighted by molar-refractivity contribution is 0.341. The van der Waals surface area contributed by atoms with Gasteiger partial charge in [-0.2, -0.15) is 5.10 Å². The van der Waals surface area contributed by atoms with Crippen LogP contribution in [0.2, 0.25) is 0 Å². The fraction of sp³-hybridized carbons (Fsp3) is 0.412. The molecular formula is C17H23N3O2. The summed E-state index contributed by atoms with van der Waals surface area (Å²) in [5.74, 6) is 0.781. The SMILES string of the molecule is CCCNCc1cc(-c2ccccc2OCC)nn(C)c1=O. The maximum atomic E-state index is 12.2. The molecule has 0 radical (unpaired) electrons. The molecule has 0 aliphatic heterocycles. The van der Waals surface area contributed by atoms with E-state index in [9.17, 15) is 4.79 Å². The largest absolute Gasteiger partial charge is 0.493 e. The summed E-state index contributed by atoms with van der Waals surface area (Å²) in [6.45, 7) is 6.07. The molecule has 0 atom stereocenters. The van der Waals surface area contributed by atoms with Crippen LogP contribution in [0.5, 0.6) is 5.75 Å². The summed E-state index contributed by atoms with van der Waals surface area (Å²) in [5.41, 5.74) is 2.30. The zero-order chi connectivity index (χ0) is 15.9. The van der Waals surface area contributed by atoms with Crippen molar-refractivity contribution in [2.24, 2.45) is 7.05 Å². The van der Waals surface area contributed by atoms with Gasteiger partial charge in [0.15, 0.2) is 0 Å². The summed E-state index contributed by atoms with van der Waals surface area (Å²) >= 11 is 0. The second-order valence-electron chi connectivity index (χ2n) is 5.09. The van der Waals surface area contributed by atoms with Crippen molar-refractivity contribution in [3.05, 3.63) is 46.2 Å². The van der Waals surface area contributed by atoms with Crippen LogP contribution in [0.15, 0.2) is 35.1 Å². The summed E-state index contributed by atoms with van der Waals surface area (Å²) in [4.78, 5) is 12.2. The highest BCUT2D eigenvalue weighted by Crippen LogP contribution is 2.28. The molecule has 0 saturated carbocycles. The van der Waals surface area contributed by atoms with E-state index in [1.54, 1.807) is 7.05 Å². The number of para-hydroxylation sites is 1. The lowest BCUT2D eigenvalue weighted by Crippen LogP contribution is -2.27. The normalized spacial score (nSPS) is 10.7. The molecule has 0 bridgehead atoms. The van der Waals surface area contributed by atoms with Crippen molar-refractivity contribution >= 4 is 0 Å². The topological polar surface area (TPSA) is 56.1 Å². The molecule has 2 aromatic rings. The first kappa shape index (κ1) is 16.2. The summed E-state index contributed by atoms with van der Waals surface area (Å²) in [6, 6.07) is 9.60. The predicted octanol–water partition coefficient (Wildman–Crippen LogP) is 2.35. The van der Waals surface area contributed by atoms with E-state index in [0.717, 1.165) is 30.0 Å². The molecule has 0 spiro atoms. The van der Waals surface area contributed by atoms with Gasteiger partial charge in [-0.05, 0) is 38.1 Å². The molecule has 5 heteroatoms. The second-order valence-corrected chi connectivity index (χ2v) is 5.09. The quantitative estimate of drug-likeness (QED) is 0.798. The van der Waals surface area contributed by atoms with Crippen LogP contribution in [0.4, 0.5) is 0 Å². The van der Waals surface area contributed by atoms with Crippen LogP contribution in [0.25, 0.3) is 11.3 Å². The number of hydrogen-bond acceptors (Lipinski definition) is 4. The molecule has 1 aromatic heterocycles. The molecule has 0 aliphatic rings. The van der Waals surface area contributed by atoms with Crippen molar-refractivity contribution in [3.8, 4) is 17.0 Å². The molecule has 118 valence electrons. The van der Waals surface area contributed by atoms with Crippen LogP contribution < -0.4 is 15.6 Å². The van der Waals surface area contributed by atoms with Gasteiger partial charge in [0.25, 0.3) is 5.56 Å². The molecule has 1 aromatic carbocycles. The minimum atomic E-state index is -0.0683. The Morgan fingerprint density at radius 3 is 2.77 bits per heavy atom. The van der Waals surface area contributed by atoms with Crippen molar-refractivity contribution in [1.29, 1.82) is 0 Å². The second kappa shape index (κ2) is 7.75. The van der Waals surface area contributed by atoms with E-state index >= 15 is 0 Å². The standard InChI is InChI=1S/C17H23N3O2/c1-4-10-18-12-13-11-15(19-20(3)17(13)21)14-8-6-7-9-16(14)22-5-2/h6-9,11,18H,4-5,10,12H2,1-3H3. The Kier molecular flexibility index (Phi) is 5.72. The molecule has 1 N–H and O–H groups in total. The van der Waals surface area contributed by atoms with Crippen LogP contribution in [0.3, 0.4) is 0 Å². The van der Waals surface area contributed by atoms with Crippen LogP contribution >= 0.6 is 0 Å². The van der Waals surface area contributed by atoms with Gasteiger partial charge < -0.3 is 10.1 Å². The number of nitrogens with one attached hydrogen (secondary N) is 1. The highest BCUT2D eigenvalue weighted by atomic mass is 16.5. The van der Waals surface area contributed by atoms with Crippen molar-refractivity contribution in [2.45, 2.75) is 26.8 Å². The maximum Gasteiger partial charge on any atom is 0.271 e. The van der Waals surface area contributed by atoms with E-state index < -0.39 is 0 Å². The molecule has 22 heavy (non-hydrogen) atoms. The van der Waals surface area contributed by atoms with Gasteiger partial charge in [0.2, 0.25) is 0 Å². The zero-order valence-electron chi connectivity index (χ0n) is 13.4. The first-order valence-electron chi connectivity index (χ1n) is 7.67. The third-order valence-electron chi connectivity index (χ3n) is 3.34. The Bertz CT molecular complexity index is 680. The van der Waals surface area contributed by atoms with Gasteiger partial charge in [0, 0.05) is 24.7 Å². The Labute approximate surface area is 130 Å². The summed E-state index contributed by atoms with van der Waals surface area (Å²) in [6.07, 6.45) is 1.03. The van der Waals surface area contributed by atoms with Crippen molar-refractivity contribution in [3.63, 3.8) is 0 Å². The number of aromatic nitrogens is 2. The average molecular weight is 301 g/mol. The van der Waals surface area contributed by atoms with Gasteiger partial charge in [0.1, 0.15) is 5.75 Å². The smallest absolute Gasteiger partial charge is 0.271 e. The van der Waals surface area contributed by atoms with Crippen LogP contribution in [0, 0.1) is 0 Å². The van der Waals surface area contributed by atoms with E-state index in [0.29, 0.717) is 18.7 Å². The van der Waals surface area contributed by atoms with Gasteiger partial charge in [0.05, 0.1) is 12.3 Å². The van der Waals surface area contributed by atoms with Gasteiger partial charge in [-0.25, -0.2) is 4.68 Å². The zero-order valence-corrected chi connectivity index (χ0v) is 13.4. The van der Waals surface area contributed by atoms with E-state index in [1.165, 1.54) is 4.68 Å². The molecule has 0 aliphatic carbocycles. The summed E-state index contributed by atoms with van der Waals surface area (Å²) in [5, 5.41) is 7.64. The van der Waals surface area contributed by atoms with Gasteiger partial charge >= 0.3 is 0 Å². The van der Waals surface area contributed by atoms with E-state index in [1.807, 2.05) is 37.3 Å². The van der Waals surface area contributed by atoms with Crippen molar-refractivity contribution < 1.29 is 4.74 Å². The monoisotopic (exact) mass is 301 g/mol. The maximum absolute atomic E-state index is 12.2. The highest BCUT2D eigenvalue weighted by Gasteiger charge is 2.11. The van der Waals surface area contributed by atoms with E-state index in [-0.39, 0.29) is 5.56 Å². The van der Waals surface area contributed by atoms with Crippen LogP contribution in [-0.2, 0) is 13.6 Å². The summed E-state index contributed by atoms with van der Waals surface area (Å²) < 4.78 is 7.05. The van der Waals surface area contributed by atoms with Crippen molar-refractivity contribution in [2.75, 3.05) is 13.2 Å². The Morgan fingerprint density at radius 2 is 2.05 bits per heavy atom. The summed E-state index contributed by atoms with van der Waals surface area (Å²) in [7, 11) is 1.68. The van der Waals surface area contributed by atoms with Crippen LogP contribution in [-0.4, -0.2) is 22.9 Å². The molecule has 0 amide bonds. The van der Waals surface area contributed by atoms with Crippen LogP contribution in [0.1, 0.15) is 25.8 Å². The Morgan fingerprint density at radius 1 is 1.27 bits per heavy atom. The molecule has 0 fully saturated rings. The molecule has 0 unspecified atom stereocenters. The number of hydrogen-bond donors (Lipinski definition) is 1. The third-order valence-corrected chi connectivity index (χ3v) is 3.34. The number of rotatable bonds is 7. The molecule has 0 saturated heterocycles. The molecular weight excluding hydrogens is 278 g/mol. The Hall–Kier alpha value is -2.14. The Balaban J connectivity index is 2.41. The minimum absolute atomic E-state index is 0.0683. The molecule has 5 nitrogen and oxygen atoms in total. The average Bonchev–Trinajstić information content (AvgIpc) is 2.52. The number of aryl methyl sites for hydroxylation is 1. The number of benzene rings is 1. The predicted molar refractivity (Wildman–Crippen MR) is 88.1 cm³/mol. The van der Waals surface area contributed by atoms with Gasteiger partial charge in [-0.15, -0.1) is 0 Å². The third kappa shape index (κ3) is 3.74. The lowest BCUT2D eigenvalue weighted by atomic mass is 10.1. The van der Waals surface area contributed by atoms with E-state index in [4.69, 9.17) is 4.74 Å². The van der Waals surface area contributed by atoms with E-state index in [2.05, 4.69) is 17.3 Å².